The van der Waals surface area contributed by atoms with Crippen molar-refractivity contribution in [3.63, 3.8) is 0 Å². The molecule has 0 nitrogen and oxygen atoms in total. The molecule has 0 aromatic carbocycles. The number of allylic oxidation sites excluding steroid dienone is 2. The van der Waals surface area contributed by atoms with Gasteiger partial charge in [-0.05, 0) is 0 Å². The molecule has 11 heavy (non-hydrogen) atoms. The maximum absolute atomic E-state index is 3.51. The predicted octanol–water partition coefficient (Wildman–Crippen LogP) is 1.71. The summed E-state index contributed by atoms with van der Waals surface area (Å²) in [5.41, 5.74) is 0. The van der Waals surface area contributed by atoms with Crippen LogP contribution < -0.4 is 0 Å². The van der Waals surface area contributed by atoms with Crippen LogP contribution >= 0.6 is 37.2 Å². The fourth-order valence-corrected chi connectivity index (χ4v) is 0. The van der Waals surface area contributed by atoms with Gasteiger partial charge in [0.2, 0.25) is 32.6 Å². The third-order valence-electron chi connectivity index (χ3n) is 0.577. The Bertz CT molecular complexity index is 51.8. The molecule has 0 heterocycles. The van der Waals surface area contributed by atoms with Crippen molar-refractivity contribution in [1.82, 2.24) is 0 Å². The zero-order valence-corrected chi connectivity index (χ0v) is 13.7. The molecule has 5 heteroatoms. The first kappa shape index (κ1) is 29.4. The smallest absolute Gasteiger partial charge is 0.147 e. The minimum Gasteiger partial charge on any atom is -0.147 e. The molecule has 0 bridgehead atoms. The Labute approximate surface area is 105 Å². The molecule has 0 saturated heterocycles. The number of hydrogen-bond donors (Lipinski definition) is 0. The first-order chi connectivity index (χ1) is 3.83. The first-order valence-corrected chi connectivity index (χ1v) is 5.88. The highest BCUT2D eigenvalue weighted by molar-refractivity contribution is 6.09. The molecule has 0 aromatic heterocycles. The largest absolute Gasteiger partial charge is 0.217 e. The van der Waals surface area contributed by atoms with Gasteiger partial charge in [-0.3, -0.25) is 0 Å². The van der Waals surface area contributed by atoms with Gasteiger partial charge in [0.1, 0.15) is 0 Å². The average molecular weight is 250 g/mol. The number of hydrogen-bond acceptors (Lipinski definition) is 0. The van der Waals surface area contributed by atoms with Crippen molar-refractivity contribution in [3.05, 3.63) is 25.3 Å². The molecule has 0 fully saturated rings. The first-order valence-electron chi connectivity index (χ1n) is 3.05. The van der Waals surface area contributed by atoms with Crippen molar-refractivity contribution in [1.29, 1.82) is 0 Å². The Morgan fingerprint density at radius 3 is 0.909 bits per heavy atom. The van der Waals surface area contributed by atoms with E-state index in [1.165, 1.54) is 43.1 Å². The molecule has 0 N–H and O–H groups in total. The van der Waals surface area contributed by atoms with Crippen LogP contribution in [0, 0.1) is 0 Å². The maximum atomic E-state index is 3.51. The van der Waals surface area contributed by atoms with Gasteiger partial charge in [0.15, 0.2) is 0 Å². The summed E-state index contributed by atoms with van der Waals surface area (Å²) in [4.78, 5) is 0. The van der Waals surface area contributed by atoms with Crippen molar-refractivity contribution < 1.29 is 0 Å². The van der Waals surface area contributed by atoms with E-state index in [0.717, 1.165) is 0 Å². The van der Waals surface area contributed by atoms with Crippen LogP contribution in [0.25, 0.3) is 0 Å². The summed E-state index contributed by atoms with van der Waals surface area (Å²) in [6.45, 7) is 7.03. The van der Waals surface area contributed by atoms with Crippen molar-refractivity contribution in [2.45, 2.75) is 10.6 Å². The van der Waals surface area contributed by atoms with Crippen LogP contribution in [0.5, 0.6) is 0 Å². The molecule has 0 radical (unpaired) electrons. The van der Waals surface area contributed by atoms with Crippen molar-refractivity contribution in [3.8, 4) is 0 Å². The molecule has 0 spiro atoms. The van der Waals surface area contributed by atoms with Gasteiger partial charge < -0.3 is 0 Å². The monoisotopic (exact) mass is 248 g/mol. The molecule has 0 unspecified atom stereocenters. The van der Waals surface area contributed by atoms with E-state index in [4.69, 9.17) is 0 Å². The predicted molar refractivity (Wildman–Crippen MR) is 68.8 cm³/mol. The summed E-state index contributed by atoms with van der Waals surface area (Å²) in [6.07, 6.45) is 3.87. The van der Waals surface area contributed by atoms with Crippen LogP contribution in [0.15, 0.2) is 25.3 Å². The van der Waals surface area contributed by atoms with Crippen LogP contribution in [-0.2, 0) is 0 Å². The van der Waals surface area contributed by atoms with E-state index in [0.29, 0.717) is 0 Å². The quantitative estimate of drug-likeness (QED) is 0.516. The van der Waals surface area contributed by atoms with Crippen molar-refractivity contribution >= 4 is 69.8 Å². The second kappa shape index (κ2) is 42.2. The molecule has 0 aromatic rings. The lowest BCUT2D eigenvalue weighted by molar-refractivity contribution is 1.76. The summed E-state index contributed by atoms with van der Waals surface area (Å²) in [7, 11) is 0. The van der Waals surface area contributed by atoms with Gasteiger partial charge in [0.25, 0.3) is 0 Å². The minimum absolute atomic E-state index is 0. The number of rotatable bonds is 2. The molecule has 0 rings (SSSR count). The van der Waals surface area contributed by atoms with Crippen LogP contribution in [-0.4, -0.2) is 32.6 Å². The third kappa shape index (κ3) is 86.8. The molecule has 0 aliphatic heterocycles. The Balaban J connectivity index is -0.0000000171. The van der Waals surface area contributed by atoms with E-state index in [9.17, 15) is 0 Å². The molecule has 0 saturated carbocycles. The normalized spacial score (nSPS) is 4.36. The van der Waals surface area contributed by atoms with E-state index in [1.807, 2.05) is 12.2 Å². The van der Waals surface area contributed by atoms with E-state index in [2.05, 4.69) is 13.2 Å². The highest BCUT2D eigenvalue weighted by Gasteiger charge is 1.49. The molecular weight excluding hydrogens is 232 g/mol. The summed E-state index contributed by atoms with van der Waals surface area (Å²) < 4.78 is 0. The summed E-state index contributed by atoms with van der Waals surface area (Å²) in [5.74, 6) is 0. The second-order valence-corrected chi connectivity index (χ2v) is 3.03. The minimum atomic E-state index is 0. The number of halogens is 3. The Morgan fingerprint density at radius 2 is 0.909 bits per heavy atom. The SMILES string of the molecule is C=C[CH2][AlH2].C=C[CH2][AlH2].Cl.Cl.Cl. The molecular formula is C6H17Al2Cl3. The van der Waals surface area contributed by atoms with Gasteiger partial charge in [-0.15, -0.1) is 62.5 Å². The topological polar surface area (TPSA) is 0 Å². The van der Waals surface area contributed by atoms with Crippen molar-refractivity contribution in [2.24, 2.45) is 0 Å². The van der Waals surface area contributed by atoms with Gasteiger partial charge in [-0.1, -0.05) is 10.6 Å². The van der Waals surface area contributed by atoms with Gasteiger partial charge >= 0.3 is 0 Å². The third-order valence-corrected chi connectivity index (χ3v) is 1.73. The van der Waals surface area contributed by atoms with Crippen molar-refractivity contribution in [2.75, 3.05) is 0 Å². The fourth-order valence-electron chi connectivity index (χ4n) is 0. The zero-order valence-electron chi connectivity index (χ0n) is 7.21. The molecule has 0 aliphatic rings. The average Bonchev–Trinajstić information content (AvgIpc) is 1.88. The maximum Gasteiger partial charge on any atom is 0.217 e. The van der Waals surface area contributed by atoms with Gasteiger partial charge in [0, 0.05) is 0 Å². The summed E-state index contributed by atoms with van der Waals surface area (Å²) >= 11 is 2.54. The fraction of sp³-hybridized carbons (Fsp3) is 0.333. The Morgan fingerprint density at radius 1 is 0.818 bits per heavy atom. The van der Waals surface area contributed by atoms with E-state index in [1.54, 1.807) is 0 Å². The van der Waals surface area contributed by atoms with E-state index >= 15 is 0 Å². The lowest BCUT2D eigenvalue weighted by atomic mass is 10.8. The van der Waals surface area contributed by atoms with Gasteiger partial charge in [0.05, 0.1) is 0 Å². The van der Waals surface area contributed by atoms with Gasteiger partial charge in [-0.25, -0.2) is 0 Å². The second-order valence-electron chi connectivity index (χ2n) is 1.39. The lowest BCUT2D eigenvalue weighted by Gasteiger charge is -1.55. The van der Waals surface area contributed by atoms with Crippen LogP contribution in [0.4, 0.5) is 0 Å². The van der Waals surface area contributed by atoms with E-state index < -0.39 is 0 Å². The summed E-state index contributed by atoms with van der Waals surface area (Å²) in [5, 5.41) is 2.44. The van der Waals surface area contributed by atoms with E-state index in [-0.39, 0.29) is 37.2 Å². The lowest BCUT2D eigenvalue weighted by Crippen LogP contribution is -1.47. The molecule has 0 amide bonds. The van der Waals surface area contributed by atoms with Crippen LogP contribution in [0.3, 0.4) is 0 Å². The van der Waals surface area contributed by atoms with Crippen LogP contribution in [0.1, 0.15) is 0 Å². The Hall–Kier alpha value is 1.41. The Kier molecular flexibility index (Phi) is 113. The van der Waals surface area contributed by atoms with Gasteiger partial charge in [-0.2, -0.15) is 0 Å². The highest BCUT2D eigenvalue weighted by Crippen LogP contribution is 1.62. The molecule has 0 aliphatic carbocycles. The van der Waals surface area contributed by atoms with Crippen LogP contribution in [0.2, 0.25) is 10.6 Å². The zero-order chi connectivity index (χ0) is 6.83. The standard InChI is InChI=1S/2C3H5.2Al.3ClH.4H/c2*1-3-2;;;;;;;;;/h2*3H,1-2H2;;;3*1H;;;;. The highest BCUT2D eigenvalue weighted by atomic mass is 35.5. The molecule has 68 valence electrons. The summed E-state index contributed by atoms with van der Waals surface area (Å²) in [6, 6.07) is 0. The molecule has 0 atom stereocenters.